The Labute approximate surface area is 275 Å². The Balaban J connectivity index is 1.27. The summed E-state index contributed by atoms with van der Waals surface area (Å²) in [6.07, 6.45) is 1.55. The average molecular weight is 650 g/mol. The highest BCUT2D eigenvalue weighted by atomic mass is 32.2. The molecule has 1 aliphatic rings. The number of hydrogen-bond acceptors (Lipinski definition) is 8. The standard InChI is InChI=1S/C36H31N3O7S/c1-3-46-36(44)24-13-17-27(18-14-24)39-32(40)22-31(35(39)43)47-28-19-15-26(16-20-28)37-34(42)29(21-25-11-7-8-12-30(25)45-2)38-33(41)23-9-5-4-6-10-23/h4-21,31H,3,22H2,1-2H3,(H,37,42)(H,38,41)/b29-21-. The predicted octanol–water partition coefficient (Wildman–Crippen LogP) is 5.71. The van der Waals surface area contributed by atoms with E-state index in [9.17, 15) is 24.0 Å². The van der Waals surface area contributed by atoms with Gasteiger partial charge in [0.25, 0.3) is 11.8 Å². The fraction of sp³-hybridized carbons (Fsp3) is 0.139. The zero-order chi connectivity index (χ0) is 33.3. The number of rotatable bonds is 11. The number of anilines is 2. The van der Waals surface area contributed by atoms with E-state index in [0.717, 1.165) is 9.80 Å². The molecule has 47 heavy (non-hydrogen) atoms. The number of methoxy groups -OCH3 is 1. The van der Waals surface area contributed by atoms with Gasteiger partial charge in [0.2, 0.25) is 11.8 Å². The quantitative estimate of drug-likeness (QED) is 0.120. The minimum Gasteiger partial charge on any atom is -0.496 e. The van der Waals surface area contributed by atoms with Crippen LogP contribution in [0.1, 0.15) is 39.6 Å². The van der Waals surface area contributed by atoms with Crippen LogP contribution in [0.2, 0.25) is 0 Å². The van der Waals surface area contributed by atoms with Crippen LogP contribution in [0.5, 0.6) is 5.75 Å². The summed E-state index contributed by atoms with van der Waals surface area (Å²) in [5.74, 6) is -1.66. The maximum absolute atomic E-state index is 13.4. The van der Waals surface area contributed by atoms with E-state index < -0.39 is 23.0 Å². The van der Waals surface area contributed by atoms with E-state index in [-0.39, 0.29) is 30.5 Å². The topological polar surface area (TPSA) is 131 Å². The lowest BCUT2D eigenvalue weighted by Crippen LogP contribution is -2.31. The fourth-order valence-corrected chi connectivity index (χ4v) is 5.85. The predicted molar refractivity (Wildman–Crippen MR) is 179 cm³/mol. The third-order valence-electron chi connectivity index (χ3n) is 7.10. The molecule has 11 heteroatoms. The molecule has 1 fully saturated rings. The number of thioether (sulfide) groups is 1. The molecule has 0 radical (unpaired) electrons. The van der Waals surface area contributed by atoms with Crippen molar-refractivity contribution >= 4 is 58.8 Å². The maximum atomic E-state index is 13.4. The first-order chi connectivity index (χ1) is 22.8. The molecular formula is C36H31N3O7S. The van der Waals surface area contributed by atoms with Gasteiger partial charge in [-0.25, -0.2) is 9.69 Å². The van der Waals surface area contributed by atoms with Gasteiger partial charge in [0, 0.05) is 28.1 Å². The molecule has 0 bridgehead atoms. The van der Waals surface area contributed by atoms with Crippen molar-refractivity contribution in [2.45, 2.75) is 23.5 Å². The summed E-state index contributed by atoms with van der Waals surface area (Å²) in [4.78, 5) is 66.2. The number of para-hydroxylation sites is 1. The van der Waals surface area contributed by atoms with Gasteiger partial charge in [-0.1, -0.05) is 36.4 Å². The number of amides is 4. The number of nitrogens with one attached hydrogen (secondary N) is 2. The monoisotopic (exact) mass is 649 g/mol. The number of nitrogens with zero attached hydrogens (tertiary/aromatic N) is 1. The van der Waals surface area contributed by atoms with E-state index in [1.54, 1.807) is 97.9 Å². The van der Waals surface area contributed by atoms with Crippen LogP contribution in [0.15, 0.2) is 114 Å². The summed E-state index contributed by atoms with van der Waals surface area (Å²) in [5, 5.41) is 4.87. The first kappa shape index (κ1) is 32.7. The van der Waals surface area contributed by atoms with Crippen molar-refractivity contribution in [3.63, 3.8) is 0 Å². The number of benzene rings is 4. The van der Waals surface area contributed by atoms with Gasteiger partial charge in [-0.05, 0) is 79.7 Å². The summed E-state index contributed by atoms with van der Waals surface area (Å²) in [6.45, 7) is 1.95. The molecule has 1 unspecified atom stereocenters. The van der Waals surface area contributed by atoms with Gasteiger partial charge in [-0.15, -0.1) is 11.8 Å². The second kappa shape index (κ2) is 15.1. The van der Waals surface area contributed by atoms with E-state index in [4.69, 9.17) is 9.47 Å². The van der Waals surface area contributed by atoms with Crippen LogP contribution in [0.25, 0.3) is 6.08 Å². The number of carbonyl (C=O) groups is 5. The van der Waals surface area contributed by atoms with Crippen LogP contribution in [0.4, 0.5) is 11.4 Å². The number of hydrogen-bond donors (Lipinski definition) is 2. The van der Waals surface area contributed by atoms with E-state index in [2.05, 4.69) is 10.6 Å². The molecule has 10 nitrogen and oxygen atoms in total. The number of imide groups is 1. The lowest BCUT2D eigenvalue weighted by molar-refractivity contribution is -0.121. The van der Waals surface area contributed by atoms with E-state index in [1.165, 1.54) is 37.1 Å². The van der Waals surface area contributed by atoms with Gasteiger partial charge in [0.15, 0.2) is 0 Å². The highest BCUT2D eigenvalue weighted by molar-refractivity contribution is 8.00. The highest BCUT2D eigenvalue weighted by Gasteiger charge is 2.40. The molecule has 4 amide bonds. The molecule has 0 aliphatic carbocycles. The lowest BCUT2D eigenvalue weighted by Gasteiger charge is -2.15. The van der Waals surface area contributed by atoms with Crippen molar-refractivity contribution < 1.29 is 33.4 Å². The third-order valence-corrected chi connectivity index (χ3v) is 8.30. The molecule has 4 aromatic rings. The van der Waals surface area contributed by atoms with Gasteiger partial charge < -0.3 is 20.1 Å². The van der Waals surface area contributed by atoms with Gasteiger partial charge >= 0.3 is 5.97 Å². The molecule has 0 saturated carbocycles. The summed E-state index contributed by atoms with van der Waals surface area (Å²) >= 11 is 1.24. The summed E-state index contributed by atoms with van der Waals surface area (Å²) in [6, 6.07) is 28.6. The van der Waals surface area contributed by atoms with Crippen LogP contribution in [-0.2, 0) is 19.1 Å². The number of carbonyl (C=O) groups excluding carboxylic acids is 5. The van der Waals surface area contributed by atoms with Gasteiger partial charge in [-0.3, -0.25) is 19.2 Å². The van der Waals surface area contributed by atoms with Crippen LogP contribution in [0.3, 0.4) is 0 Å². The zero-order valence-corrected chi connectivity index (χ0v) is 26.4. The van der Waals surface area contributed by atoms with Crippen LogP contribution in [-0.4, -0.2) is 48.6 Å². The largest absolute Gasteiger partial charge is 0.496 e. The lowest BCUT2D eigenvalue weighted by atomic mass is 10.1. The van der Waals surface area contributed by atoms with E-state index in [0.29, 0.717) is 33.8 Å². The van der Waals surface area contributed by atoms with Crippen LogP contribution >= 0.6 is 11.8 Å². The van der Waals surface area contributed by atoms with Gasteiger partial charge in [-0.2, -0.15) is 0 Å². The van der Waals surface area contributed by atoms with Gasteiger partial charge in [0.1, 0.15) is 11.4 Å². The van der Waals surface area contributed by atoms with Crippen molar-refractivity contribution in [3.8, 4) is 5.75 Å². The van der Waals surface area contributed by atoms with Crippen molar-refractivity contribution in [1.29, 1.82) is 0 Å². The smallest absolute Gasteiger partial charge is 0.338 e. The Kier molecular flexibility index (Phi) is 10.5. The van der Waals surface area contributed by atoms with Crippen LogP contribution < -0.4 is 20.3 Å². The first-order valence-corrected chi connectivity index (χ1v) is 15.6. The van der Waals surface area contributed by atoms with Crippen molar-refractivity contribution in [3.05, 3.63) is 126 Å². The molecule has 0 aromatic heterocycles. The average Bonchev–Trinajstić information content (AvgIpc) is 3.37. The first-order valence-electron chi connectivity index (χ1n) is 14.7. The molecule has 1 heterocycles. The summed E-state index contributed by atoms with van der Waals surface area (Å²) in [5.41, 5.74) is 2.16. The Morgan fingerprint density at radius 2 is 1.55 bits per heavy atom. The normalized spacial score (nSPS) is 14.5. The second-order valence-electron chi connectivity index (χ2n) is 10.2. The Bertz CT molecular complexity index is 1820. The summed E-state index contributed by atoms with van der Waals surface area (Å²) in [7, 11) is 1.52. The van der Waals surface area contributed by atoms with E-state index >= 15 is 0 Å². The number of ether oxygens (including phenoxy) is 2. The molecule has 1 saturated heterocycles. The second-order valence-corrected chi connectivity index (χ2v) is 11.5. The molecule has 238 valence electrons. The Hall–Kier alpha value is -5.68. The third kappa shape index (κ3) is 7.95. The Morgan fingerprint density at radius 1 is 0.872 bits per heavy atom. The SMILES string of the molecule is CCOC(=O)c1ccc(N2C(=O)CC(Sc3ccc(NC(=O)/C(=C/c4ccccc4OC)NC(=O)c4ccccc4)cc3)C2=O)cc1. The molecule has 0 spiro atoms. The number of esters is 1. The van der Waals surface area contributed by atoms with Crippen molar-refractivity contribution in [2.75, 3.05) is 23.9 Å². The molecule has 4 aromatic carbocycles. The molecule has 1 aliphatic heterocycles. The highest BCUT2D eigenvalue weighted by Crippen LogP contribution is 2.34. The molecule has 1 atom stereocenters. The summed E-state index contributed by atoms with van der Waals surface area (Å²) < 4.78 is 10.4. The molecule has 5 rings (SSSR count). The van der Waals surface area contributed by atoms with E-state index in [1.807, 2.05) is 0 Å². The maximum Gasteiger partial charge on any atom is 0.338 e. The minimum absolute atomic E-state index is 0.00671. The van der Waals surface area contributed by atoms with Crippen LogP contribution in [0, 0.1) is 0 Å². The fourth-order valence-electron chi connectivity index (χ4n) is 4.79. The molecular weight excluding hydrogens is 618 g/mol. The van der Waals surface area contributed by atoms with Crippen molar-refractivity contribution in [1.82, 2.24) is 5.32 Å². The van der Waals surface area contributed by atoms with Gasteiger partial charge in [0.05, 0.1) is 30.2 Å². The zero-order valence-electron chi connectivity index (χ0n) is 25.6. The minimum atomic E-state index is -0.642. The van der Waals surface area contributed by atoms with Crippen molar-refractivity contribution in [2.24, 2.45) is 0 Å². The Morgan fingerprint density at radius 3 is 2.23 bits per heavy atom. The molecule has 2 N–H and O–H groups in total.